The van der Waals surface area contributed by atoms with Crippen molar-refractivity contribution in [2.75, 3.05) is 6.61 Å². The highest BCUT2D eigenvalue weighted by atomic mass is 79.9. The summed E-state index contributed by atoms with van der Waals surface area (Å²) < 4.78 is 19.1. The third-order valence-electron chi connectivity index (χ3n) is 2.58. The number of ether oxygens (including phenoxy) is 1. The van der Waals surface area contributed by atoms with Crippen molar-refractivity contribution in [3.8, 4) is 5.75 Å². The van der Waals surface area contributed by atoms with Crippen LogP contribution in [0.15, 0.2) is 34.8 Å². The quantitative estimate of drug-likeness (QED) is 0.468. The lowest BCUT2D eigenvalue weighted by atomic mass is 10.1. The van der Waals surface area contributed by atoms with Gasteiger partial charge in [-0.25, -0.2) is 4.39 Å². The highest BCUT2D eigenvalue weighted by Crippen LogP contribution is 2.30. The molecular weight excluding hydrogens is 405 g/mol. The van der Waals surface area contributed by atoms with E-state index < -0.39 is 5.82 Å². The first-order chi connectivity index (χ1) is 9.88. The Labute approximate surface area is 143 Å². The molecule has 0 amide bonds. The molecule has 0 N–H and O–H groups in total. The molecule has 2 rings (SSSR count). The molecule has 0 radical (unpaired) electrons. The average molecular weight is 412 g/mol. The van der Waals surface area contributed by atoms with Crippen LogP contribution >= 0.6 is 50.7 Å². The van der Waals surface area contributed by atoms with Gasteiger partial charge < -0.3 is 4.74 Å². The van der Waals surface area contributed by atoms with Crippen LogP contribution in [0, 0.1) is 5.82 Å². The lowest BCUT2D eigenvalue weighted by molar-refractivity contribution is 0.0920. The Morgan fingerprint density at radius 1 is 1.10 bits per heavy atom. The number of hydrogen-bond donors (Lipinski definition) is 0. The molecule has 0 aliphatic carbocycles. The van der Waals surface area contributed by atoms with Gasteiger partial charge in [0.05, 0.1) is 19.5 Å². The fourth-order valence-corrected chi connectivity index (χ4v) is 2.56. The second-order valence-electron chi connectivity index (χ2n) is 4.04. The summed E-state index contributed by atoms with van der Waals surface area (Å²) in [6, 6.07) is 6.98. The van der Waals surface area contributed by atoms with Gasteiger partial charge in [0.2, 0.25) is 0 Å². The van der Waals surface area contributed by atoms with E-state index in [2.05, 4.69) is 15.9 Å². The normalized spacial score (nSPS) is 10.5. The average Bonchev–Trinajstić information content (AvgIpc) is 2.44. The molecule has 21 heavy (non-hydrogen) atoms. The van der Waals surface area contributed by atoms with Gasteiger partial charge in [0.1, 0.15) is 11.6 Å². The van der Waals surface area contributed by atoms with E-state index >= 15 is 0 Å². The van der Waals surface area contributed by atoms with E-state index in [4.69, 9.17) is 39.5 Å². The summed E-state index contributed by atoms with van der Waals surface area (Å²) in [4.78, 5) is 12.0. The van der Waals surface area contributed by atoms with Gasteiger partial charge in [-0.2, -0.15) is 0 Å². The fourth-order valence-electron chi connectivity index (χ4n) is 1.51. The van der Waals surface area contributed by atoms with E-state index in [-0.39, 0.29) is 28.2 Å². The van der Waals surface area contributed by atoms with Crippen LogP contribution in [0.2, 0.25) is 15.1 Å². The molecule has 7 heteroatoms. The summed E-state index contributed by atoms with van der Waals surface area (Å²) in [6.07, 6.45) is 0. The van der Waals surface area contributed by atoms with E-state index in [1.165, 1.54) is 24.3 Å². The van der Waals surface area contributed by atoms with Gasteiger partial charge in [-0.1, -0.05) is 34.8 Å². The SMILES string of the molecule is O=C(COc1cc(F)c(Cl)cc1Br)c1ccc(Cl)c(Cl)c1. The standard InChI is InChI=1S/C14H7BrCl3FO2/c15-8-4-11(18)12(19)5-14(8)21-6-13(20)7-1-2-9(16)10(17)3-7/h1-5H,6H2. The summed E-state index contributed by atoms with van der Waals surface area (Å²) in [5.41, 5.74) is 0.356. The van der Waals surface area contributed by atoms with Crippen LogP contribution in [0.1, 0.15) is 10.4 Å². The largest absolute Gasteiger partial charge is 0.484 e. The molecule has 0 unspecified atom stereocenters. The lowest BCUT2D eigenvalue weighted by Crippen LogP contribution is -2.12. The zero-order chi connectivity index (χ0) is 15.6. The van der Waals surface area contributed by atoms with Gasteiger partial charge in [0, 0.05) is 11.6 Å². The number of benzene rings is 2. The topological polar surface area (TPSA) is 26.3 Å². The van der Waals surface area contributed by atoms with Crippen molar-refractivity contribution in [3.05, 3.63) is 61.3 Å². The van der Waals surface area contributed by atoms with Crippen LogP contribution in [0.25, 0.3) is 0 Å². The number of halogens is 5. The highest BCUT2D eigenvalue weighted by Gasteiger charge is 2.12. The molecule has 0 bridgehead atoms. The predicted molar refractivity (Wildman–Crippen MR) is 85.4 cm³/mol. The molecule has 0 fully saturated rings. The number of ketones is 1. The molecule has 2 aromatic carbocycles. The molecule has 0 aliphatic heterocycles. The first-order valence-electron chi connectivity index (χ1n) is 5.64. The van der Waals surface area contributed by atoms with E-state index in [0.717, 1.165) is 6.07 Å². The van der Waals surface area contributed by atoms with Crippen molar-refractivity contribution in [2.24, 2.45) is 0 Å². The fraction of sp³-hybridized carbons (Fsp3) is 0.0714. The third kappa shape index (κ3) is 4.10. The number of carbonyl (C=O) groups excluding carboxylic acids is 1. The predicted octanol–water partition coefficient (Wildman–Crippen LogP) is 5.81. The van der Waals surface area contributed by atoms with Crippen molar-refractivity contribution in [1.29, 1.82) is 0 Å². The third-order valence-corrected chi connectivity index (χ3v) is 4.22. The molecule has 0 aromatic heterocycles. The summed E-state index contributed by atoms with van der Waals surface area (Å²) in [7, 11) is 0. The summed E-state index contributed by atoms with van der Waals surface area (Å²) in [5, 5.41) is 0.600. The molecule has 0 spiro atoms. The molecule has 0 saturated carbocycles. The van der Waals surface area contributed by atoms with Crippen molar-refractivity contribution in [1.82, 2.24) is 0 Å². The molecule has 2 nitrogen and oxygen atoms in total. The van der Waals surface area contributed by atoms with Crippen molar-refractivity contribution >= 4 is 56.5 Å². The second-order valence-corrected chi connectivity index (χ2v) is 6.11. The minimum absolute atomic E-state index is 0.0370. The first-order valence-corrected chi connectivity index (χ1v) is 7.57. The molecule has 0 heterocycles. The summed E-state index contributed by atoms with van der Waals surface area (Å²) in [5.74, 6) is -0.752. The minimum atomic E-state index is -0.628. The Balaban J connectivity index is 2.11. The van der Waals surface area contributed by atoms with Gasteiger partial charge in [0.25, 0.3) is 0 Å². The molecule has 0 atom stereocenters. The molecule has 2 aromatic rings. The Bertz CT molecular complexity index is 707. The van der Waals surface area contributed by atoms with Crippen LogP contribution < -0.4 is 4.74 Å². The number of carbonyl (C=O) groups is 1. The van der Waals surface area contributed by atoms with Gasteiger partial charge in [0.15, 0.2) is 12.4 Å². The maximum atomic E-state index is 13.4. The maximum absolute atomic E-state index is 13.4. The van der Waals surface area contributed by atoms with Crippen LogP contribution in [0.3, 0.4) is 0 Å². The number of rotatable bonds is 4. The lowest BCUT2D eigenvalue weighted by Gasteiger charge is -2.09. The van der Waals surface area contributed by atoms with Crippen molar-refractivity contribution in [3.63, 3.8) is 0 Å². The molecule has 0 aliphatic rings. The van der Waals surface area contributed by atoms with E-state index in [0.29, 0.717) is 15.1 Å². The van der Waals surface area contributed by atoms with Crippen LogP contribution in [0.5, 0.6) is 5.75 Å². The van der Waals surface area contributed by atoms with Crippen LogP contribution in [-0.2, 0) is 0 Å². The Morgan fingerprint density at radius 3 is 2.48 bits per heavy atom. The van der Waals surface area contributed by atoms with E-state index in [1.54, 1.807) is 0 Å². The minimum Gasteiger partial charge on any atom is -0.484 e. The smallest absolute Gasteiger partial charge is 0.200 e. The van der Waals surface area contributed by atoms with Crippen molar-refractivity contribution in [2.45, 2.75) is 0 Å². The zero-order valence-electron chi connectivity index (χ0n) is 10.3. The van der Waals surface area contributed by atoms with Gasteiger partial charge in [-0.3, -0.25) is 4.79 Å². The summed E-state index contributed by atoms with van der Waals surface area (Å²) >= 11 is 20.4. The Kier molecular flexibility index (Phi) is 5.49. The molecule has 0 saturated heterocycles. The van der Waals surface area contributed by atoms with Crippen LogP contribution in [0.4, 0.5) is 4.39 Å². The highest BCUT2D eigenvalue weighted by molar-refractivity contribution is 9.10. The zero-order valence-corrected chi connectivity index (χ0v) is 14.2. The first kappa shape index (κ1) is 16.6. The Hall–Kier alpha value is -0.810. The van der Waals surface area contributed by atoms with Gasteiger partial charge in [-0.05, 0) is 40.2 Å². The molecular formula is C14H7BrCl3FO2. The van der Waals surface area contributed by atoms with E-state index in [9.17, 15) is 9.18 Å². The molecule has 110 valence electrons. The van der Waals surface area contributed by atoms with Gasteiger partial charge >= 0.3 is 0 Å². The number of Topliss-reactive ketones (excluding diaryl/α,β-unsaturated/α-hetero) is 1. The van der Waals surface area contributed by atoms with Crippen LogP contribution in [-0.4, -0.2) is 12.4 Å². The van der Waals surface area contributed by atoms with E-state index in [1.807, 2.05) is 0 Å². The van der Waals surface area contributed by atoms with Crippen molar-refractivity contribution < 1.29 is 13.9 Å². The summed E-state index contributed by atoms with van der Waals surface area (Å²) in [6.45, 7) is -0.266. The van der Waals surface area contributed by atoms with Gasteiger partial charge in [-0.15, -0.1) is 0 Å². The Morgan fingerprint density at radius 2 is 1.81 bits per heavy atom. The number of hydrogen-bond acceptors (Lipinski definition) is 2. The maximum Gasteiger partial charge on any atom is 0.200 e. The monoisotopic (exact) mass is 410 g/mol. The second kappa shape index (κ2) is 6.97.